The highest BCUT2D eigenvalue weighted by atomic mass is 32.1. The van der Waals surface area contributed by atoms with E-state index in [0.29, 0.717) is 16.6 Å². The van der Waals surface area contributed by atoms with Crippen LogP contribution in [-0.4, -0.2) is 16.5 Å². The second-order valence-corrected chi connectivity index (χ2v) is 5.18. The molecule has 96 valence electrons. The summed E-state index contributed by atoms with van der Waals surface area (Å²) in [7, 11) is 0. The van der Waals surface area contributed by atoms with Gasteiger partial charge in [0.05, 0.1) is 5.69 Å². The molecule has 0 fully saturated rings. The zero-order valence-corrected chi connectivity index (χ0v) is 11.3. The lowest BCUT2D eigenvalue weighted by Crippen LogP contribution is -2.25. The molecule has 3 N–H and O–H groups in total. The quantitative estimate of drug-likeness (QED) is 0.837. The molecule has 3 nitrogen and oxygen atoms in total. The molecule has 1 aromatic heterocycles. The lowest BCUT2D eigenvalue weighted by molar-refractivity contribution is 0.635. The summed E-state index contributed by atoms with van der Waals surface area (Å²) in [4.78, 5) is 4.55. The van der Waals surface area contributed by atoms with E-state index in [1.165, 1.54) is 11.1 Å². The minimum Gasteiger partial charge on any atom is -0.388 e. The van der Waals surface area contributed by atoms with Gasteiger partial charge in [-0.3, -0.25) is 4.98 Å². The molecule has 3 rings (SSSR count). The maximum absolute atomic E-state index is 5.67. The number of benzene rings is 1. The number of hydrogen-bond donors (Lipinski definition) is 2. The van der Waals surface area contributed by atoms with Crippen LogP contribution in [0.4, 0.5) is 5.69 Å². The SMILES string of the molecule is NC(=S)c1ncccc1NCC1Cc2ccccc21. The normalized spacial score (nSPS) is 16.3. The molecule has 0 spiro atoms. The van der Waals surface area contributed by atoms with E-state index < -0.39 is 0 Å². The number of thiocarbonyl (C=S) groups is 1. The van der Waals surface area contributed by atoms with Crippen LogP contribution < -0.4 is 11.1 Å². The van der Waals surface area contributed by atoms with E-state index in [1.807, 2.05) is 12.1 Å². The molecule has 19 heavy (non-hydrogen) atoms. The number of nitrogens with two attached hydrogens (primary N) is 1. The molecular weight excluding hydrogens is 254 g/mol. The van der Waals surface area contributed by atoms with Crippen LogP contribution in [0.2, 0.25) is 0 Å². The molecule has 0 bridgehead atoms. The largest absolute Gasteiger partial charge is 0.388 e. The van der Waals surface area contributed by atoms with Gasteiger partial charge in [0, 0.05) is 18.7 Å². The van der Waals surface area contributed by atoms with Crippen LogP contribution in [0, 0.1) is 0 Å². The van der Waals surface area contributed by atoms with Gasteiger partial charge in [0.2, 0.25) is 0 Å². The second kappa shape index (κ2) is 4.97. The predicted octanol–water partition coefficient (Wildman–Crippen LogP) is 2.47. The third-order valence-electron chi connectivity index (χ3n) is 3.54. The number of aromatic nitrogens is 1. The van der Waals surface area contributed by atoms with Crippen LogP contribution in [0.1, 0.15) is 22.7 Å². The lowest BCUT2D eigenvalue weighted by Gasteiger charge is -2.30. The minimum absolute atomic E-state index is 0.331. The van der Waals surface area contributed by atoms with Crippen molar-refractivity contribution in [1.29, 1.82) is 0 Å². The smallest absolute Gasteiger partial charge is 0.124 e. The van der Waals surface area contributed by atoms with Crippen molar-refractivity contribution < 1.29 is 0 Å². The summed E-state index contributed by atoms with van der Waals surface area (Å²) >= 11 is 5.01. The van der Waals surface area contributed by atoms with Gasteiger partial charge in [0.1, 0.15) is 10.7 Å². The topological polar surface area (TPSA) is 50.9 Å². The number of pyridine rings is 1. The molecule has 1 aliphatic carbocycles. The summed E-state index contributed by atoms with van der Waals surface area (Å²) in [6, 6.07) is 12.4. The standard InChI is InChI=1S/C15H15N3S/c16-15(19)14-13(6-3-7-17-14)18-9-11-8-10-4-1-2-5-12(10)11/h1-7,11,18H,8-9H2,(H2,16,19). The van der Waals surface area contributed by atoms with Crippen molar-refractivity contribution in [3.8, 4) is 0 Å². The fourth-order valence-corrected chi connectivity index (χ4v) is 2.68. The molecule has 0 amide bonds. The highest BCUT2D eigenvalue weighted by Crippen LogP contribution is 2.34. The van der Waals surface area contributed by atoms with Crippen LogP contribution >= 0.6 is 12.2 Å². The van der Waals surface area contributed by atoms with E-state index in [4.69, 9.17) is 18.0 Å². The summed E-state index contributed by atoms with van der Waals surface area (Å²) < 4.78 is 0. The van der Waals surface area contributed by atoms with Gasteiger partial charge in [-0.2, -0.15) is 0 Å². The van der Waals surface area contributed by atoms with E-state index in [9.17, 15) is 0 Å². The van der Waals surface area contributed by atoms with Crippen molar-refractivity contribution in [3.63, 3.8) is 0 Å². The first kappa shape index (κ1) is 12.1. The van der Waals surface area contributed by atoms with Crippen molar-refractivity contribution in [3.05, 3.63) is 59.4 Å². The molecule has 0 saturated heterocycles. The Labute approximate surface area is 117 Å². The maximum Gasteiger partial charge on any atom is 0.124 e. The van der Waals surface area contributed by atoms with Gasteiger partial charge >= 0.3 is 0 Å². The third-order valence-corrected chi connectivity index (χ3v) is 3.73. The van der Waals surface area contributed by atoms with Gasteiger partial charge in [-0.05, 0) is 29.7 Å². The molecule has 1 heterocycles. The summed E-state index contributed by atoms with van der Waals surface area (Å²) in [5.74, 6) is 0.565. The van der Waals surface area contributed by atoms with Crippen molar-refractivity contribution in [2.45, 2.75) is 12.3 Å². The van der Waals surface area contributed by atoms with Crippen molar-refractivity contribution in [2.24, 2.45) is 5.73 Å². The number of fused-ring (bicyclic) bond motifs is 1. The van der Waals surface area contributed by atoms with Gasteiger partial charge in [0.15, 0.2) is 0 Å². The average Bonchev–Trinajstić information content (AvgIpc) is 2.40. The molecular formula is C15H15N3S. The van der Waals surface area contributed by atoms with E-state index in [2.05, 4.69) is 34.6 Å². The average molecular weight is 269 g/mol. The minimum atomic E-state index is 0.331. The van der Waals surface area contributed by atoms with Crippen LogP contribution in [0.3, 0.4) is 0 Å². The Hall–Kier alpha value is -1.94. The highest BCUT2D eigenvalue weighted by molar-refractivity contribution is 7.80. The zero-order valence-electron chi connectivity index (χ0n) is 10.5. The van der Waals surface area contributed by atoms with Crippen LogP contribution in [0.25, 0.3) is 0 Å². The first-order valence-corrected chi connectivity index (χ1v) is 6.73. The number of nitrogens with one attached hydrogen (secondary N) is 1. The Balaban J connectivity index is 1.70. The Kier molecular flexibility index (Phi) is 3.17. The molecule has 1 aromatic carbocycles. The van der Waals surface area contributed by atoms with Crippen molar-refractivity contribution >= 4 is 22.9 Å². The van der Waals surface area contributed by atoms with Crippen LogP contribution in [0.5, 0.6) is 0 Å². The summed E-state index contributed by atoms with van der Waals surface area (Å²) in [6.07, 6.45) is 2.84. The molecule has 4 heteroatoms. The number of hydrogen-bond acceptors (Lipinski definition) is 3. The van der Waals surface area contributed by atoms with E-state index in [1.54, 1.807) is 6.20 Å². The molecule has 0 saturated carbocycles. The summed E-state index contributed by atoms with van der Waals surface area (Å²) in [5, 5.41) is 3.41. The molecule has 2 aromatic rings. The molecule has 1 aliphatic rings. The van der Waals surface area contributed by atoms with E-state index in [0.717, 1.165) is 18.7 Å². The van der Waals surface area contributed by atoms with Crippen LogP contribution in [0.15, 0.2) is 42.6 Å². The van der Waals surface area contributed by atoms with Gasteiger partial charge in [-0.15, -0.1) is 0 Å². The van der Waals surface area contributed by atoms with Gasteiger partial charge in [-0.1, -0.05) is 36.5 Å². The molecule has 1 unspecified atom stereocenters. The summed E-state index contributed by atoms with van der Waals surface area (Å²) in [6.45, 7) is 0.887. The molecule has 1 atom stereocenters. The fourth-order valence-electron chi connectivity index (χ4n) is 2.52. The second-order valence-electron chi connectivity index (χ2n) is 4.74. The van der Waals surface area contributed by atoms with Crippen LogP contribution in [-0.2, 0) is 6.42 Å². The van der Waals surface area contributed by atoms with Gasteiger partial charge in [-0.25, -0.2) is 0 Å². The first-order chi connectivity index (χ1) is 9.25. The highest BCUT2D eigenvalue weighted by Gasteiger charge is 2.25. The summed E-state index contributed by atoms with van der Waals surface area (Å²) in [5.41, 5.74) is 10.2. The maximum atomic E-state index is 5.67. The number of nitrogens with zero attached hydrogens (tertiary/aromatic N) is 1. The van der Waals surface area contributed by atoms with E-state index in [-0.39, 0.29) is 0 Å². The molecule has 0 radical (unpaired) electrons. The fraction of sp³-hybridized carbons (Fsp3) is 0.200. The third kappa shape index (κ3) is 2.31. The van der Waals surface area contributed by atoms with Gasteiger partial charge in [0.25, 0.3) is 0 Å². The monoisotopic (exact) mass is 269 g/mol. The Morgan fingerprint density at radius 2 is 2.16 bits per heavy atom. The number of anilines is 1. The van der Waals surface area contributed by atoms with Crippen molar-refractivity contribution in [1.82, 2.24) is 4.98 Å². The first-order valence-electron chi connectivity index (χ1n) is 6.32. The lowest BCUT2D eigenvalue weighted by atomic mass is 9.77. The Morgan fingerprint density at radius 1 is 1.32 bits per heavy atom. The van der Waals surface area contributed by atoms with Gasteiger partial charge < -0.3 is 11.1 Å². The zero-order chi connectivity index (χ0) is 13.2. The number of rotatable bonds is 4. The molecule has 0 aliphatic heterocycles. The predicted molar refractivity (Wildman–Crippen MR) is 81.5 cm³/mol. The van der Waals surface area contributed by atoms with Crippen molar-refractivity contribution in [2.75, 3.05) is 11.9 Å². The Morgan fingerprint density at radius 3 is 2.95 bits per heavy atom. The Bertz CT molecular complexity index is 624. The van der Waals surface area contributed by atoms with E-state index >= 15 is 0 Å².